The van der Waals surface area contributed by atoms with Crippen LogP contribution in [0, 0.1) is 6.92 Å². The van der Waals surface area contributed by atoms with Crippen molar-refractivity contribution in [3.05, 3.63) is 83.1 Å². The molecule has 0 atom stereocenters. The van der Waals surface area contributed by atoms with Gasteiger partial charge in [-0.2, -0.15) is 0 Å². The number of benzene rings is 1. The molecule has 26 heavy (non-hydrogen) atoms. The van der Waals surface area contributed by atoms with Gasteiger partial charge in [-0.3, -0.25) is 4.79 Å². The van der Waals surface area contributed by atoms with Crippen LogP contribution in [0.2, 0.25) is 0 Å². The summed E-state index contributed by atoms with van der Waals surface area (Å²) in [7, 11) is 1.33. The number of esters is 1. The summed E-state index contributed by atoms with van der Waals surface area (Å²) in [6.45, 7) is 1.99. The molecular weight excluding hydrogens is 328 g/mol. The van der Waals surface area contributed by atoms with Gasteiger partial charge in [-0.15, -0.1) is 0 Å². The maximum Gasteiger partial charge on any atom is 0.338 e. The summed E-state index contributed by atoms with van der Waals surface area (Å²) < 4.78 is 10.6. The van der Waals surface area contributed by atoms with Crippen LogP contribution in [-0.4, -0.2) is 18.9 Å². The smallest absolute Gasteiger partial charge is 0.338 e. The van der Waals surface area contributed by atoms with Crippen molar-refractivity contribution >= 4 is 22.7 Å². The number of methoxy groups -OCH3 is 1. The quantitative estimate of drug-likeness (QED) is 0.393. The fraction of sp³-hybridized carbons (Fsp3) is 0.0909. The molecule has 0 unspecified atom stereocenters. The lowest BCUT2D eigenvalue weighted by Gasteiger charge is -2.00. The van der Waals surface area contributed by atoms with Gasteiger partial charge in [0.15, 0.2) is 5.76 Å². The van der Waals surface area contributed by atoms with Crippen molar-refractivity contribution in [3.63, 3.8) is 0 Å². The molecule has 2 aromatic rings. The number of hydrogen-bond donors (Lipinski definition) is 0. The Kier molecular flexibility index (Phi) is 3.81. The fourth-order valence-electron chi connectivity index (χ4n) is 3.19. The van der Waals surface area contributed by atoms with E-state index in [0.717, 1.165) is 10.9 Å². The maximum atomic E-state index is 13.1. The fourth-order valence-corrected chi connectivity index (χ4v) is 3.19. The van der Waals surface area contributed by atoms with Crippen molar-refractivity contribution in [1.82, 2.24) is 0 Å². The number of aryl methyl sites for hydroxylation is 1. The minimum Gasteiger partial charge on any atom is -0.465 e. The van der Waals surface area contributed by atoms with Crippen molar-refractivity contribution in [2.45, 2.75) is 6.92 Å². The number of ether oxygens (including phenoxy) is 1. The summed E-state index contributed by atoms with van der Waals surface area (Å²) in [6, 6.07) is 18.2. The van der Waals surface area contributed by atoms with Gasteiger partial charge in [-0.25, -0.2) is 4.79 Å². The number of fused-ring (bicyclic) bond motifs is 2. The van der Waals surface area contributed by atoms with E-state index in [-0.39, 0.29) is 11.5 Å². The molecular formula is C22H16O4. The van der Waals surface area contributed by atoms with Crippen LogP contribution >= 0.6 is 0 Å². The monoisotopic (exact) mass is 344 g/mol. The van der Waals surface area contributed by atoms with E-state index in [4.69, 9.17) is 9.15 Å². The lowest BCUT2D eigenvalue weighted by molar-refractivity contribution is 0.0602. The molecule has 0 saturated carbocycles. The average molecular weight is 344 g/mol. The Labute approximate surface area is 150 Å². The molecule has 0 bridgehead atoms. The zero-order chi connectivity index (χ0) is 18.3. The Morgan fingerprint density at radius 1 is 0.885 bits per heavy atom. The number of carbonyl (C=O) groups excluding carboxylic acids is 2. The minimum atomic E-state index is -0.472. The van der Waals surface area contributed by atoms with Gasteiger partial charge in [0.05, 0.1) is 12.7 Å². The Hall–Kier alpha value is -3.40. The van der Waals surface area contributed by atoms with Crippen LogP contribution in [0.15, 0.2) is 65.1 Å². The van der Waals surface area contributed by atoms with Gasteiger partial charge in [0.1, 0.15) is 5.58 Å². The third kappa shape index (κ3) is 2.56. The van der Waals surface area contributed by atoms with Gasteiger partial charge in [-0.05, 0) is 42.3 Å². The normalized spacial score (nSPS) is 11.0. The van der Waals surface area contributed by atoms with Crippen LogP contribution in [0.4, 0.5) is 0 Å². The number of furan rings is 1. The first-order valence-corrected chi connectivity index (χ1v) is 8.23. The molecule has 1 aromatic carbocycles. The molecule has 2 aliphatic rings. The van der Waals surface area contributed by atoms with E-state index < -0.39 is 5.97 Å². The van der Waals surface area contributed by atoms with Crippen LogP contribution in [0.5, 0.6) is 0 Å². The van der Waals surface area contributed by atoms with Crippen molar-refractivity contribution in [2.75, 3.05) is 7.11 Å². The number of ketones is 1. The predicted octanol–water partition coefficient (Wildman–Crippen LogP) is 4.86. The number of hydrogen-bond acceptors (Lipinski definition) is 4. The highest BCUT2D eigenvalue weighted by molar-refractivity contribution is 6.16. The van der Waals surface area contributed by atoms with Gasteiger partial charge < -0.3 is 9.15 Å². The summed E-state index contributed by atoms with van der Waals surface area (Å²) >= 11 is 0. The summed E-state index contributed by atoms with van der Waals surface area (Å²) in [5, 5.41) is 0.878. The van der Waals surface area contributed by atoms with E-state index in [1.165, 1.54) is 7.11 Å². The Balaban J connectivity index is 1.87. The first kappa shape index (κ1) is 16.1. The first-order valence-electron chi connectivity index (χ1n) is 8.23. The van der Waals surface area contributed by atoms with Crippen LogP contribution in [-0.2, 0) is 4.74 Å². The van der Waals surface area contributed by atoms with Gasteiger partial charge in [0.25, 0.3) is 0 Å². The van der Waals surface area contributed by atoms with Crippen molar-refractivity contribution in [1.29, 1.82) is 0 Å². The molecule has 2 aliphatic carbocycles. The second-order valence-electron chi connectivity index (χ2n) is 6.18. The zero-order valence-corrected chi connectivity index (χ0v) is 14.4. The van der Waals surface area contributed by atoms with E-state index in [2.05, 4.69) is 0 Å². The molecule has 0 amide bonds. The topological polar surface area (TPSA) is 56.5 Å². The molecule has 0 spiro atoms. The Morgan fingerprint density at radius 3 is 2.35 bits per heavy atom. The molecule has 1 heterocycles. The highest BCUT2D eigenvalue weighted by Gasteiger charge is 2.26. The molecule has 4 heteroatoms. The van der Waals surface area contributed by atoms with Crippen LogP contribution in [0.25, 0.3) is 22.1 Å². The van der Waals surface area contributed by atoms with Crippen molar-refractivity contribution in [2.24, 2.45) is 0 Å². The highest BCUT2D eigenvalue weighted by Crippen LogP contribution is 2.34. The summed E-state index contributed by atoms with van der Waals surface area (Å²) in [5.74, 6) is -0.480. The van der Waals surface area contributed by atoms with Crippen LogP contribution < -0.4 is 0 Å². The van der Waals surface area contributed by atoms with E-state index in [9.17, 15) is 9.59 Å². The summed E-state index contributed by atoms with van der Waals surface area (Å²) in [5.41, 5.74) is 3.92. The lowest BCUT2D eigenvalue weighted by atomic mass is 10.0. The molecule has 1 aromatic heterocycles. The van der Waals surface area contributed by atoms with Crippen LogP contribution in [0.3, 0.4) is 0 Å². The number of rotatable bonds is 3. The summed E-state index contributed by atoms with van der Waals surface area (Å²) in [6.07, 6.45) is 0. The molecule has 128 valence electrons. The standard InChI is InChI=1S/C22H16O4/c1-13-8-9-19-14(10-13)11-20(26-19)21(23)17-12-18(22(24)25-2)16-7-5-3-4-6-15(16)17/h3-12H,1-2H3. The molecule has 0 aliphatic heterocycles. The predicted molar refractivity (Wildman–Crippen MR) is 98.8 cm³/mol. The molecule has 0 saturated heterocycles. The maximum absolute atomic E-state index is 13.1. The summed E-state index contributed by atoms with van der Waals surface area (Å²) in [4.78, 5) is 25.2. The number of carbonyl (C=O) groups is 2. The third-order valence-corrected chi connectivity index (χ3v) is 4.45. The van der Waals surface area contributed by atoms with Gasteiger partial charge >= 0.3 is 5.97 Å². The van der Waals surface area contributed by atoms with Gasteiger partial charge in [0.2, 0.25) is 5.78 Å². The SMILES string of the molecule is COC(=O)c1cc(C(=O)c2cc3cc(C)ccc3o2)c2cccccc1-2. The largest absolute Gasteiger partial charge is 0.465 e. The van der Waals surface area contributed by atoms with E-state index >= 15 is 0 Å². The highest BCUT2D eigenvalue weighted by atomic mass is 16.5. The van der Waals surface area contributed by atoms with E-state index in [0.29, 0.717) is 27.8 Å². The van der Waals surface area contributed by atoms with Crippen molar-refractivity contribution < 1.29 is 18.7 Å². The Bertz CT molecular complexity index is 1120. The van der Waals surface area contributed by atoms with Crippen molar-refractivity contribution in [3.8, 4) is 11.1 Å². The minimum absolute atomic E-state index is 0.250. The average Bonchev–Trinajstić information content (AvgIpc) is 3.13. The second kappa shape index (κ2) is 6.15. The van der Waals surface area contributed by atoms with Crippen LogP contribution in [0.1, 0.15) is 32.0 Å². The second-order valence-corrected chi connectivity index (χ2v) is 6.18. The molecule has 4 nitrogen and oxygen atoms in total. The molecule has 0 N–H and O–H groups in total. The van der Waals surface area contributed by atoms with Gasteiger partial charge in [0, 0.05) is 10.9 Å². The zero-order valence-electron chi connectivity index (χ0n) is 14.4. The molecule has 0 fully saturated rings. The van der Waals surface area contributed by atoms with Gasteiger partial charge in [-0.1, -0.05) is 42.0 Å². The third-order valence-electron chi connectivity index (χ3n) is 4.45. The van der Waals surface area contributed by atoms with E-state index in [1.54, 1.807) is 18.2 Å². The molecule has 0 radical (unpaired) electrons. The van der Waals surface area contributed by atoms with E-state index in [1.807, 2.05) is 49.4 Å². The lowest BCUT2D eigenvalue weighted by Crippen LogP contribution is -2.00. The molecule has 4 rings (SSSR count). The first-order chi connectivity index (χ1) is 12.6. The Morgan fingerprint density at radius 2 is 1.62 bits per heavy atom.